The number of hydrogen-bond acceptors (Lipinski definition) is 4. The minimum Gasteiger partial charge on any atom is -0.494 e. The highest BCUT2D eigenvalue weighted by Gasteiger charge is 2.50. The largest absolute Gasteiger partial charge is 0.494 e. The van der Waals surface area contributed by atoms with Crippen LogP contribution in [0.4, 0.5) is 4.39 Å². The molecule has 23 heavy (non-hydrogen) atoms. The van der Waals surface area contributed by atoms with Gasteiger partial charge >= 0.3 is 5.97 Å². The van der Waals surface area contributed by atoms with E-state index in [1.807, 2.05) is 4.90 Å². The first-order valence-corrected chi connectivity index (χ1v) is 7.90. The van der Waals surface area contributed by atoms with Crippen LogP contribution in [0.2, 0.25) is 0 Å². The molecule has 1 spiro atoms. The zero-order chi connectivity index (χ0) is 16.4. The molecule has 0 radical (unpaired) electrons. The van der Waals surface area contributed by atoms with Gasteiger partial charge < -0.3 is 14.6 Å². The van der Waals surface area contributed by atoms with E-state index in [9.17, 15) is 14.3 Å². The number of benzene rings is 1. The molecule has 3 rings (SSSR count). The molecular weight excluding hydrogens is 301 g/mol. The minimum atomic E-state index is -0.763. The summed E-state index contributed by atoms with van der Waals surface area (Å²) in [5.41, 5.74) is 0.289. The standard InChI is InChI=1S/C17H22FNO4/c1-22-14-4-2-3-12(15(14)18)9-19-10-13(16(20)21)17(11-19)5-7-23-8-6-17/h2-4,13H,5-11H2,1H3,(H,20,21). The Labute approximate surface area is 135 Å². The molecule has 1 aromatic carbocycles. The fourth-order valence-corrected chi connectivity index (χ4v) is 3.89. The first-order chi connectivity index (χ1) is 11.1. The van der Waals surface area contributed by atoms with Crippen LogP contribution in [0.5, 0.6) is 5.75 Å². The molecule has 6 heteroatoms. The summed E-state index contributed by atoms with van der Waals surface area (Å²) in [6.07, 6.45) is 1.50. The van der Waals surface area contributed by atoms with E-state index in [-0.39, 0.29) is 17.0 Å². The summed E-state index contributed by atoms with van der Waals surface area (Å²) in [6, 6.07) is 5.07. The van der Waals surface area contributed by atoms with E-state index in [1.54, 1.807) is 18.2 Å². The number of likely N-dealkylation sites (tertiary alicyclic amines) is 1. The molecule has 0 bridgehead atoms. The lowest BCUT2D eigenvalue weighted by molar-refractivity contribution is -0.147. The number of methoxy groups -OCH3 is 1. The summed E-state index contributed by atoms with van der Waals surface area (Å²) in [6.45, 7) is 2.72. The predicted octanol–water partition coefficient (Wildman–Crippen LogP) is 2.15. The van der Waals surface area contributed by atoms with Gasteiger partial charge in [0.1, 0.15) is 0 Å². The number of carboxylic acids is 1. The Balaban J connectivity index is 1.78. The van der Waals surface area contributed by atoms with E-state index < -0.39 is 11.9 Å². The van der Waals surface area contributed by atoms with Gasteiger partial charge in [-0.15, -0.1) is 0 Å². The van der Waals surface area contributed by atoms with Crippen molar-refractivity contribution in [2.75, 3.05) is 33.4 Å². The van der Waals surface area contributed by atoms with Crippen molar-refractivity contribution in [2.24, 2.45) is 11.3 Å². The molecule has 0 amide bonds. The van der Waals surface area contributed by atoms with E-state index in [2.05, 4.69) is 0 Å². The molecule has 0 aliphatic carbocycles. The maximum absolute atomic E-state index is 14.3. The molecule has 2 heterocycles. The van der Waals surface area contributed by atoms with Gasteiger partial charge in [0.25, 0.3) is 0 Å². The molecule has 126 valence electrons. The second-order valence-electron chi connectivity index (χ2n) is 6.47. The Morgan fingerprint density at radius 3 is 2.87 bits per heavy atom. The number of hydrogen-bond donors (Lipinski definition) is 1. The lowest BCUT2D eigenvalue weighted by atomic mass is 9.72. The number of carboxylic acid groups (broad SMARTS) is 1. The Bertz CT molecular complexity index is 586. The van der Waals surface area contributed by atoms with Crippen LogP contribution in [0.1, 0.15) is 18.4 Å². The van der Waals surface area contributed by atoms with Crippen molar-refractivity contribution in [1.82, 2.24) is 4.90 Å². The van der Waals surface area contributed by atoms with Crippen LogP contribution in [0.15, 0.2) is 18.2 Å². The molecule has 1 atom stereocenters. The van der Waals surface area contributed by atoms with Crippen molar-refractivity contribution in [3.8, 4) is 5.75 Å². The van der Waals surface area contributed by atoms with Gasteiger partial charge in [0, 0.05) is 43.8 Å². The summed E-state index contributed by atoms with van der Waals surface area (Å²) in [4.78, 5) is 13.7. The first-order valence-electron chi connectivity index (χ1n) is 7.90. The Hall–Kier alpha value is -1.66. The smallest absolute Gasteiger partial charge is 0.308 e. The lowest BCUT2D eigenvalue weighted by Crippen LogP contribution is -2.40. The molecule has 1 unspecified atom stereocenters. The third kappa shape index (κ3) is 3.05. The zero-order valence-corrected chi connectivity index (χ0v) is 13.3. The van der Waals surface area contributed by atoms with Crippen molar-refractivity contribution in [1.29, 1.82) is 0 Å². The minimum absolute atomic E-state index is 0.220. The number of rotatable bonds is 4. The molecule has 5 nitrogen and oxygen atoms in total. The highest BCUT2D eigenvalue weighted by Crippen LogP contribution is 2.44. The monoisotopic (exact) mass is 323 g/mol. The van der Waals surface area contributed by atoms with Crippen molar-refractivity contribution in [3.05, 3.63) is 29.6 Å². The van der Waals surface area contributed by atoms with Gasteiger partial charge in [-0.3, -0.25) is 9.69 Å². The Morgan fingerprint density at radius 1 is 1.48 bits per heavy atom. The molecule has 2 aliphatic heterocycles. The molecule has 0 saturated carbocycles. The van der Waals surface area contributed by atoms with Gasteiger partial charge in [-0.25, -0.2) is 4.39 Å². The van der Waals surface area contributed by atoms with Crippen LogP contribution in [-0.4, -0.2) is 49.4 Å². The van der Waals surface area contributed by atoms with Gasteiger partial charge in [-0.2, -0.15) is 0 Å². The van der Waals surface area contributed by atoms with Crippen molar-refractivity contribution >= 4 is 5.97 Å². The van der Waals surface area contributed by atoms with Crippen molar-refractivity contribution in [3.63, 3.8) is 0 Å². The van der Waals surface area contributed by atoms with Crippen molar-refractivity contribution < 1.29 is 23.8 Å². The first kappa shape index (κ1) is 16.2. The number of halogens is 1. The van der Waals surface area contributed by atoms with Crippen LogP contribution >= 0.6 is 0 Å². The predicted molar refractivity (Wildman–Crippen MR) is 81.8 cm³/mol. The topological polar surface area (TPSA) is 59.0 Å². The van der Waals surface area contributed by atoms with Crippen LogP contribution in [0, 0.1) is 17.2 Å². The quantitative estimate of drug-likeness (QED) is 0.920. The van der Waals surface area contributed by atoms with Crippen LogP contribution in [0.3, 0.4) is 0 Å². The summed E-state index contributed by atoms with van der Waals surface area (Å²) < 4.78 is 24.7. The van der Waals surface area contributed by atoms with E-state index in [0.717, 1.165) is 12.8 Å². The van der Waals surface area contributed by atoms with Gasteiger partial charge in [0.05, 0.1) is 13.0 Å². The van der Waals surface area contributed by atoms with Gasteiger partial charge in [0.15, 0.2) is 11.6 Å². The van der Waals surface area contributed by atoms with Gasteiger partial charge in [0.2, 0.25) is 0 Å². The summed E-state index contributed by atoms with van der Waals surface area (Å²) in [7, 11) is 1.44. The number of aliphatic carboxylic acids is 1. The van der Waals surface area contributed by atoms with E-state index in [4.69, 9.17) is 9.47 Å². The van der Waals surface area contributed by atoms with Crippen LogP contribution in [0.25, 0.3) is 0 Å². The van der Waals surface area contributed by atoms with Crippen LogP contribution < -0.4 is 4.74 Å². The molecule has 2 saturated heterocycles. The lowest BCUT2D eigenvalue weighted by Gasteiger charge is -2.36. The molecule has 2 fully saturated rings. The number of ether oxygens (including phenoxy) is 2. The average molecular weight is 323 g/mol. The molecule has 2 aliphatic rings. The molecular formula is C17H22FNO4. The van der Waals surface area contributed by atoms with Gasteiger partial charge in [-0.05, 0) is 18.9 Å². The third-order valence-corrected chi connectivity index (χ3v) is 5.16. The summed E-state index contributed by atoms with van der Waals surface area (Å²) >= 11 is 0. The molecule has 1 aromatic rings. The van der Waals surface area contributed by atoms with E-state index in [0.29, 0.717) is 38.4 Å². The summed E-state index contributed by atoms with van der Waals surface area (Å²) in [5.74, 6) is -1.33. The second kappa shape index (κ2) is 6.45. The maximum atomic E-state index is 14.3. The van der Waals surface area contributed by atoms with Crippen molar-refractivity contribution in [2.45, 2.75) is 19.4 Å². The van der Waals surface area contributed by atoms with Crippen LogP contribution in [-0.2, 0) is 16.1 Å². The SMILES string of the molecule is COc1cccc(CN2CC(C(=O)O)C3(CCOCC3)C2)c1F. The highest BCUT2D eigenvalue weighted by atomic mass is 19.1. The third-order valence-electron chi connectivity index (χ3n) is 5.16. The fraction of sp³-hybridized carbons (Fsp3) is 0.588. The molecule has 1 N–H and O–H groups in total. The van der Waals surface area contributed by atoms with E-state index in [1.165, 1.54) is 7.11 Å². The second-order valence-corrected chi connectivity index (χ2v) is 6.47. The normalized spacial score (nSPS) is 24.0. The average Bonchev–Trinajstić information content (AvgIpc) is 2.88. The number of nitrogens with zero attached hydrogens (tertiary/aromatic N) is 1. The fourth-order valence-electron chi connectivity index (χ4n) is 3.89. The Kier molecular flexibility index (Phi) is 4.55. The molecule has 0 aromatic heterocycles. The number of carbonyl (C=O) groups is 1. The van der Waals surface area contributed by atoms with Gasteiger partial charge in [-0.1, -0.05) is 12.1 Å². The summed E-state index contributed by atoms with van der Waals surface area (Å²) in [5, 5.41) is 9.59. The highest BCUT2D eigenvalue weighted by molar-refractivity contribution is 5.72. The zero-order valence-electron chi connectivity index (χ0n) is 13.3. The Morgan fingerprint density at radius 2 is 2.22 bits per heavy atom. The van der Waals surface area contributed by atoms with E-state index >= 15 is 0 Å². The maximum Gasteiger partial charge on any atom is 0.308 e.